The molecule has 18 heavy (non-hydrogen) atoms. The molecule has 0 fully saturated rings. The average molecular weight is 252 g/mol. The van der Waals surface area contributed by atoms with E-state index in [4.69, 9.17) is 0 Å². The summed E-state index contributed by atoms with van der Waals surface area (Å²) in [4.78, 5) is 0. The summed E-state index contributed by atoms with van der Waals surface area (Å²) in [7, 11) is 1.24. The summed E-state index contributed by atoms with van der Waals surface area (Å²) >= 11 is 0. The van der Waals surface area contributed by atoms with Crippen molar-refractivity contribution in [2.75, 3.05) is 0 Å². The normalized spacial score (nSPS) is 21.7. The molecule has 1 heteroatoms. The summed E-state index contributed by atoms with van der Waals surface area (Å²) < 4.78 is 0. The van der Waals surface area contributed by atoms with Crippen molar-refractivity contribution in [1.29, 1.82) is 0 Å². The van der Waals surface area contributed by atoms with E-state index in [1.54, 1.807) is 16.7 Å². The number of hydrogen-bond donors (Lipinski definition) is 0. The van der Waals surface area contributed by atoms with Crippen LogP contribution in [0.2, 0.25) is 6.04 Å². The first-order valence-electron chi connectivity index (χ1n) is 6.96. The predicted octanol–water partition coefficient (Wildman–Crippen LogP) is 3.42. The quantitative estimate of drug-likeness (QED) is 0.673. The van der Waals surface area contributed by atoms with E-state index in [1.165, 1.54) is 16.3 Å². The molecule has 0 aliphatic heterocycles. The second-order valence-electron chi connectivity index (χ2n) is 5.23. The lowest BCUT2D eigenvalue weighted by Crippen LogP contribution is -2.27. The maximum Gasteiger partial charge on any atom is 0.0317 e. The highest BCUT2D eigenvalue weighted by Gasteiger charge is 2.39. The highest BCUT2D eigenvalue weighted by molar-refractivity contribution is 6.10. The molecule has 0 spiro atoms. The number of allylic oxidation sites excluding steroid dienone is 12. The molecule has 0 amide bonds. The second kappa shape index (κ2) is 4.73. The molecule has 0 aromatic heterocycles. The maximum absolute atomic E-state index is 2.36. The van der Waals surface area contributed by atoms with Gasteiger partial charge < -0.3 is 0 Å². The first-order chi connectivity index (χ1) is 8.88. The van der Waals surface area contributed by atoms with Crippen LogP contribution < -0.4 is 0 Å². The van der Waals surface area contributed by atoms with Crippen LogP contribution in [0.3, 0.4) is 0 Å². The van der Waals surface area contributed by atoms with Crippen LogP contribution in [-0.2, 0) is 0 Å². The van der Waals surface area contributed by atoms with E-state index in [0.29, 0.717) is 0 Å². The largest absolute Gasteiger partial charge is 0.0804 e. The SMILES string of the molecule is [SiH3]CC(C1=CC=CC1)(C1=CC=CC1)C1=CC=CC1. The first-order valence-corrected chi connectivity index (χ1v) is 8.38. The summed E-state index contributed by atoms with van der Waals surface area (Å²) in [5, 5.41) is 0. The molecule has 0 saturated carbocycles. The Morgan fingerprint density at radius 2 is 1.17 bits per heavy atom. The van der Waals surface area contributed by atoms with Crippen molar-refractivity contribution in [2.45, 2.75) is 25.3 Å². The van der Waals surface area contributed by atoms with Gasteiger partial charge in [-0.05, 0) is 25.3 Å². The van der Waals surface area contributed by atoms with Gasteiger partial charge in [-0.3, -0.25) is 0 Å². The monoisotopic (exact) mass is 252 g/mol. The van der Waals surface area contributed by atoms with Crippen LogP contribution in [-0.4, -0.2) is 10.2 Å². The molecular weight excluding hydrogens is 232 g/mol. The lowest BCUT2D eigenvalue weighted by molar-refractivity contribution is 0.546. The molecule has 0 aromatic carbocycles. The van der Waals surface area contributed by atoms with Crippen molar-refractivity contribution in [1.82, 2.24) is 0 Å². The summed E-state index contributed by atoms with van der Waals surface area (Å²) in [5.41, 5.74) is 5.08. The van der Waals surface area contributed by atoms with Gasteiger partial charge in [-0.25, -0.2) is 0 Å². The van der Waals surface area contributed by atoms with Crippen LogP contribution in [0.15, 0.2) is 71.4 Å². The third kappa shape index (κ3) is 1.65. The van der Waals surface area contributed by atoms with E-state index in [9.17, 15) is 0 Å². The van der Waals surface area contributed by atoms with Gasteiger partial charge in [0, 0.05) is 15.7 Å². The van der Waals surface area contributed by atoms with Crippen molar-refractivity contribution < 1.29 is 0 Å². The standard InChI is InChI=1S/C17H20Si/c18-13-17(14-7-1-2-8-14,15-9-3-4-10-15)16-11-5-6-12-16/h1-7,9,11H,8,10,12-13H2,18H3. The molecule has 3 rings (SSSR count). The fourth-order valence-corrected chi connectivity index (χ4v) is 4.95. The maximum atomic E-state index is 2.36. The van der Waals surface area contributed by atoms with Crippen LogP contribution in [0.4, 0.5) is 0 Å². The van der Waals surface area contributed by atoms with Gasteiger partial charge in [0.15, 0.2) is 0 Å². The minimum atomic E-state index is 0.239. The Hall–Kier alpha value is -1.34. The van der Waals surface area contributed by atoms with E-state index in [0.717, 1.165) is 19.3 Å². The van der Waals surface area contributed by atoms with Crippen LogP contribution in [0.5, 0.6) is 0 Å². The zero-order valence-electron chi connectivity index (χ0n) is 11.0. The number of hydrogen-bond acceptors (Lipinski definition) is 0. The Bertz CT molecular complexity index is 450. The molecule has 3 aliphatic carbocycles. The predicted molar refractivity (Wildman–Crippen MR) is 82.7 cm³/mol. The molecule has 3 aliphatic rings. The Morgan fingerprint density at radius 3 is 1.39 bits per heavy atom. The van der Waals surface area contributed by atoms with Gasteiger partial charge in [0.25, 0.3) is 0 Å². The Morgan fingerprint density at radius 1 is 0.778 bits per heavy atom. The smallest absolute Gasteiger partial charge is 0.0317 e. The van der Waals surface area contributed by atoms with Gasteiger partial charge in [-0.1, -0.05) is 71.4 Å². The van der Waals surface area contributed by atoms with E-state index in [1.807, 2.05) is 0 Å². The highest BCUT2D eigenvalue weighted by atomic mass is 28.1. The Labute approximate surface area is 113 Å². The molecule has 0 unspecified atom stereocenters. The van der Waals surface area contributed by atoms with Crippen molar-refractivity contribution in [3.63, 3.8) is 0 Å². The van der Waals surface area contributed by atoms with Gasteiger partial charge in [0.05, 0.1) is 0 Å². The summed E-state index contributed by atoms with van der Waals surface area (Å²) in [6.45, 7) is 0. The molecule has 0 bridgehead atoms. The first kappa shape index (κ1) is 11.7. The fraction of sp³-hybridized carbons (Fsp3) is 0.294. The molecule has 0 radical (unpaired) electrons. The Balaban J connectivity index is 2.06. The van der Waals surface area contributed by atoms with Crippen molar-refractivity contribution in [2.24, 2.45) is 5.41 Å². The minimum absolute atomic E-state index is 0.239. The molecule has 0 nitrogen and oxygen atoms in total. The topological polar surface area (TPSA) is 0 Å². The van der Waals surface area contributed by atoms with Crippen molar-refractivity contribution in [3.05, 3.63) is 71.4 Å². The second-order valence-corrected chi connectivity index (χ2v) is 5.94. The average Bonchev–Trinajstić information content (AvgIpc) is 3.16. The molecule has 92 valence electrons. The number of rotatable bonds is 4. The van der Waals surface area contributed by atoms with Crippen LogP contribution in [0.25, 0.3) is 0 Å². The highest BCUT2D eigenvalue weighted by Crippen LogP contribution is 2.52. The van der Waals surface area contributed by atoms with E-state index >= 15 is 0 Å². The van der Waals surface area contributed by atoms with Crippen LogP contribution in [0, 0.1) is 5.41 Å². The lowest BCUT2D eigenvalue weighted by Gasteiger charge is -2.38. The van der Waals surface area contributed by atoms with Crippen molar-refractivity contribution in [3.8, 4) is 0 Å². The minimum Gasteiger partial charge on any atom is -0.0804 e. The summed E-state index contributed by atoms with van der Waals surface area (Å²) in [6, 6.07) is 1.31. The summed E-state index contributed by atoms with van der Waals surface area (Å²) in [5.74, 6) is 0. The molecular formula is C17H20Si. The van der Waals surface area contributed by atoms with Gasteiger partial charge in [-0.2, -0.15) is 0 Å². The third-order valence-electron chi connectivity index (χ3n) is 4.49. The van der Waals surface area contributed by atoms with Gasteiger partial charge in [0.2, 0.25) is 0 Å². The summed E-state index contributed by atoms with van der Waals surface area (Å²) in [6.07, 6.45) is 24.1. The molecule has 0 saturated heterocycles. The Kier molecular flexibility index (Phi) is 3.08. The van der Waals surface area contributed by atoms with E-state index in [2.05, 4.69) is 54.7 Å². The van der Waals surface area contributed by atoms with E-state index < -0.39 is 0 Å². The van der Waals surface area contributed by atoms with Gasteiger partial charge in [0.1, 0.15) is 0 Å². The van der Waals surface area contributed by atoms with Gasteiger partial charge >= 0.3 is 0 Å². The van der Waals surface area contributed by atoms with Crippen LogP contribution >= 0.6 is 0 Å². The molecule has 0 atom stereocenters. The lowest BCUT2D eigenvalue weighted by atomic mass is 9.68. The zero-order chi connectivity index (χ0) is 12.4. The van der Waals surface area contributed by atoms with Crippen LogP contribution in [0.1, 0.15) is 19.3 Å². The van der Waals surface area contributed by atoms with Crippen molar-refractivity contribution >= 4 is 10.2 Å². The van der Waals surface area contributed by atoms with E-state index in [-0.39, 0.29) is 5.41 Å². The van der Waals surface area contributed by atoms with Gasteiger partial charge in [-0.15, -0.1) is 0 Å². The third-order valence-corrected chi connectivity index (χ3v) is 5.55. The molecule has 0 heterocycles. The molecule has 0 N–H and O–H groups in total. The molecule has 0 aromatic rings. The zero-order valence-corrected chi connectivity index (χ0v) is 13.0. The fourth-order valence-electron chi connectivity index (χ4n) is 3.59.